The first-order valence-corrected chi connectivity index (χ1v) is 7.61. The molecule has 3 atom stereocenters. The average Bonchev–Trinajstić information content (AvgIpc) is 3.09. The summed E-state index contributed by atoms with van der Waals surface area (Å²) in [5.74, 6) is -0.977. The van der Waals surface area contributed by atoms with Crippen LogP contribution in [-0.4, -0.2) is 44.8 Å². The minimum absolute atomic E-state index is 0.0639. The Hall–Kier alpha value is -2.11. The molecule has 6 nitrogen and oxygen atoms in total. The van der Waals surface area contributed by atoms with Crippen LogP contribution in [-0.2, 0) is 11.8 Å². The van der Waals surface area contributed by atoms with E-state index in [0.717, 1.165) is 19.3 Å². The first-order chi connectivity index (χ1) is 10.4. The molecular formula is C16H20N2O4. The lowest BCUT2D eigenvalue weighted by molar-refractivity contribution is -0.142. The average molecular weight is 304 g/mol. The number of carbonyl (C=O) groups is 3. The molecule has 1 N–H and O–H groups in total. The number of carboxylic acids is 1. The van der Waals surface area contributed by atoms with Crippen molar-refractivity contribution in [2.45, 2.75) is 32.2 Å². The number of nitrogens with zero attached hydrogens (tertiary/aromatic N) is 2. The molecule has 6 heteroatoms. The van der Waals surface area contributed by atoms with E-state index in [0.29, 0.717) is 17.8 Å². The summed E-state index contributed by atoms with van der Waals surface area (Å²) in [6, 6.07) is 0.813. The predicted molar refractivity (Wildman–Crippen MR) is 78.7 cm³/mol. The molecule has 2 aliphatic rings. The van der Waals surface area contributed by atoms with Crippen LogP contribution in [0.2, 0.25) is 0 Å². The van der Waals surface area contributed by atoms with Gasteiger partial charge in [0.25, 0.3) is 5.91 Å². The van der Waals surface area contributed by atoms with Gasteiger partial charge in [-0.3, -0.25) is 9.59 Å². The van der Waals surface area contributed by atoms with Crippen LogP contribution in [0.1, 0.15) is 47.0 Å². The third-order valence-electron chi connectivity index (χ3n) is 5.03. The standard InChI is InChI=1S/C16H20N2O4/c1-9(19)11-6-13(17(2)7-11)15(20)18-8-10-4-3-5-12(10)14(18)16(21)22/h6-7,10,12,14H,3-5,8H2,1-2H3,(H,21,22). The lowest BCUT2D eigenvalue weighted by Gasteiger charge is -2.24. The van der Waals surface area contributed by atoms with Gasteiger partial charge in [0.2, 0.25) is 0 Å². The van der Waals surface area contributed by atoms with Crippen molar-refractivity contribution in [2.75, 3.05) is 6.54 Å². The smallest absolute Gasteiger partial charge is 0.326 e. The Labute approximate surface area is 128 Å². The van der Waals surface area contributed by atoms with Crippen LogP contribution in [0.15, 0.2) is 12.3 Å². The molecule has 0 aromatic carbocycles. The van der Waals surface area contributed by atoms with Crippen LogP contribution in [0.5, 0.6) is 0 Å². The van der Waals surface area contributed by atoms with Crippen LogP contribution >= 0.6 is 0 Å². The maximum absolute atomic E-state index is 12.8. The molecule has 0 radical (unpaired) electrons. The van der Waals surface area contributed by atoms with Gasteiger partial charge in [-0.25, -0.2) is 4.79 Å². The highest BCUT2D eigenvalue weighted by molar-refractivity contribution is 6.00. The monoisotopic (exact) mass is 304 g/mol. The van der Waals surface area contributed by atoms with Crippen LogP contribution < -0.4 is 0 Å². The number of hydrogen-bond donors (Lipinski definition) is 1. The number of likely N-dealkylation sites (tertiary alicyclic amines) is 1. The molecule has 118 valence electrons. The van der Waals surface area contributed by atoms with Gasteiger partial charge in [0, 0.05) is 25.4 Å². The summed E-state index contributed by atoms with van der Waals surface area (Å²) in [7, 11) is 1.70. The molecular weight excluding hydrogens is 284 g/mol. The third-order valence-corrected chi connectivity index (χ3v) is 5.03. The van der Waals surface area contributed by atoms with Gasteiger partial charge in [-0.05, 0) is 37.7 Å². The normalized spacial score (nSPS) is 27.0. The number of Topliss-reactive ketones (excluding diaryl/α,β-unsaturated/α-hetero) is 1. The highest BCUT2D eigenvalue weighted by atomic mass is 16.4. The van der Waals surface area contributed by atoms with Crippen molar-refractivity contribution in [1.29, 1.82) is 0 Å². The van der Waals surface area contributed by atoms with Gasteiger partial charge < -0.3 is 14.6 Å². The summed E-state index contributed by atoms with van der Waals surface area (Å²) in [5.41, 5.74) is 0.841. The third kappa shape index (κ3) is 2.23. The number of amides is 1. The molecule has 1 saturated heterocycles. The van der Waals surface area contributed by atoms with E-state index in [9.17, 15) is 19.5 Å². The summed E-state index contributed by atoms with van der Waals surface area (Å²) in [6.45, 7) is 1.95. The summed E-state index contributed by atoms with van der Waals surface area (Å²) in [6.07, 6.45) is 4.52. The molecule has 0 bridgehead atoms. The first kappa shape index (κ1) is 14.8. The van der Waals surface area contributed by atoms with E-state index in [1.165, 1.54) is 11.8 Å². The zero-order valence-corrected chi connectivity index (χ0v) is 12.8. The Morgan fingerprint density at radius 1 is 1.27 bits per heavy atom. The maximum atomic E-state index is 12.8. The number of carbonyl (C=O) groups excluding carboxylic acids is 2. The topological polar surface area (TPSA) is 79.6 Å². The van der Waals surface area contributed by atoms with Gasteiger partial charge in [0.15, 0.2) is 5.78 Å². The van der Waals surface area contributed by atoms with E-state index in [4.69, 9.17) is 0 Å². The molecule has 1 aromatic heterocycles. The number of ketones is 1. The van der Waals surface area contributed by atoms with Crippen molar-refractivity contribution in [3.05, 3.63) is 23.5 Å². The van der Waals surface area contributed by atoms with Gasteiger partial charge in [0.1, 0.15) is 11.7 Å². The minimum Gasteiger partial charge on any atom is -0.480 e. The second-order valence-electron chi connectivity index (χ2n) is 6.38. The molecule has 1 amide bonds. The van der Waals surface area contributed by atoms with Crippen molar-refractivity contribution in [1.82, 2.24) is 9.47 Å². The van der Waals surface area contributed by atoms with Crippen molar-refractivity contribution < 1.29 is 19.5 Å². The summed E-state index contributed by atoms with van der Waals surface area (Å²) in [5, 5.41) is 9.53. The Kier molecular flexibility index (Phi) is 3.54. The Morgan fingerprint density at radius 2 is 2.00 bits per heavy atom. The summed E-state index contributed by atoms with van der Waals surface area (Å²) < 4.78 is 1.60. The largest absolute Gasteiger partial charge is 0.480 e. The second-order valence-corrected chi connectivity index (χ2v) is 6.38. The fourth-order valence-electron chi connectivity index (χ4n) is 3.95. The Morgan fingerprint density at radius 3 is 2.59 bits per heavy atom. The van der Waals surface area contributed by atoms with Crippen LogP contribution in [0, 0.1) is 11.8 Å². The number of fused-ring (bicyclic) bond motifs is 1. The first-order valence-electron chi connectivity index (χ1n) is 7.61. The van der Waals surface area contributed by atoms with Crippen molar-refractivity contribution >= 4 is 17.7 Å². The molecule has 2 heterocycles. The number of rotatable bonds is 3. The van der Waals surface area contributed by atoms with E-state index in [2.05, 4.69) is 0 Å². The van der Waals surface area contributed by atoms with E-state index in [-0.39, 0.29) is 23.5 Å². The van der Waals surface area contributed by atoms with E-state index in [1.807, 2.05) is 0 Å². The quantitative estimate of drug-likeness (QED) is 0.859. The summed E-state index contributed by atoms with van der Waals surface area (Å²) in [4.78, 5) is 37.4. The molecule has 1 saturated carbocycles. The molecule has 2 fully saturated rings. The SMILES string of the molecule is CC(=O)c1cc(C(=O)N2CC3CCCC3C2C(=O)O)n(C)c1. The van der Waals surface area contributed by atoms with Crippen LogP contribution in [0.4, 0.5) is 0 Å². The van der Waals surface area contributed by atoms with Crippen molar-refractivity contribution in [2.24, 2.45) is 18.9 Å². The highest BCUT2D eigenvalue weighted by Gasteiger charge is 2.49. The zero-order chi connectivity index (χ0) is 16.0. The molecule has 3 unspecified atom stereocenters. The Bertz CT molecular complexity index is 649. The van der Waals surface area contributed by atoms with Crippen LogP contribution in [0.25, 0.3) is 0 Å². The van der Waals surface area contributed by atoms with Gasteiger partial charge in [-0.2, -0.15) is 0 Å². The fourth-order valence-corrected chi connectivity index (χ4v) is 3.95. The molecule has 0 spiro atoms. The maximum Gasteiger partial charge on any atom is 0.326 e. The van der Waals surface area contributed by atoms with Gasteiger partial charge in [0.05, 0.1) is 0 Å². The molecule has 1 aliphatic carbocycles. The van der Waals surface area contributed by atoms with E-state index in [1.54, 1.807) is 23.9 Å². The van der Waals surface area contributed by atoms with Gasteiger partial charge in [-0.1, -0.05) is 6.42 Å². The number of aryl methyl sites for hydroxylation is 1. The molecule has 1 aromatic rings. The summed E-state index contributed by atoms with van der Waals surface area (Å²) >= 11 is 0. The van der Waals surface area contributed by atoms with Crippen molar-refractivity contribution in [3.63, 3.8) is 0 Å². The highest BCUT2D eigenvalue weighted by Crippen LogP contribution is 2.42. The molecule has 22 heavy (non-hydrogen) atoms. The van der Waals surface area contributed by atoms with Crippen molar-refractivity contribution in [3.8, 4) is 0 Å². The molecule has 1 aliphatic heterocycles. The van der Waals surface area contributed by atoms with Gasteiger partial charge >= 0.3 is 5.97 Å². The lowest BCUT2D eigenvalue weighted by atomic mass is 9.94. The number of aromatic nitrogens is 1. The minimum atomic E-state index is -0.927. The number of aliphatic carboxylic acids is 1. The lowest BCUT2D eigenvalue weighted by Crippen LogP contribution is -2.43. The predicted octanol–water partition coefficient (Wildman–Crippen LogP) is 1.55. The fraction of sp³-hybridized carbons (Fsp3) is 0.562. The van der Waals surface area contributed by atoms with Crippen LogP contribution in [0.3, 0.4) is 0 Å². The van der Waals surface area contributed by atoms with Gasteiger partial charge in [-0.15, -0.1) is 0 Å². The second kappa shape index (κ2) is 5.26. The van der Waals surface area contributed by atoms with E-state index >= 15 is 0 Å². The molecule has 3 rings (SSSR count). The zero-order valence-electron chi connectivity index (χ0n) is 12.8. The number of carboxylic acid groups (broad SMARTS) is 1. The number of hydrogen-bond acceptors (Lipinski definition) is 3. The van der Waals surface area contributed by atoms with E-state index < -0.39 is 12.0 Å². The Balaban J connectivity index is 1.91.